The Morgan fingerprint density at radius 1 is 1.04 bits per heavy atom. The second-order valence-electron chi connectivity index (χ2n) is 7.58. The number of carbonyl (C=O) groups excluding carboxylic acids is 1. The van der Waals surface area contributed by atoms with Crippen LogP contribution in [0.25, 0.3) is 0 Å². The number of hydrogen-bond acceptors (Lipinski definition) is 3. The summed E-state index contributed by atoms with van der Waals surface area (Å²) in [6, 6.07) is 15.4. The molecule has 2 aliphatic rings. The molecule has 2 aromatic rings. The molecule has 1 amide bonds. The predicted octanol–water partition coefficient (Wildman–Crippen LogP) is 6.39. The molecule has 4 rings (SSSR count). The summed E-state index contributed by atoms with van der Waals surface area (Å²) in [6.45, 7) is 2.26. The number of carbonyl (C=O) groups is 1. The van der Waals surface area contributed by atoms with Crippen LogP contribution in [-0.2, 0) is 0 Å². The quantitative estimate of drug-likeness (QED) is 0.430. The Morgan fingerprint density at radius 3 is 2.14 bits per heavy atom. The zero-order valence-electron chi connectivity index (χ0n) is 15.5. The van der Waals surface area contributed by atoms with Gasteiger partial charge >= 0.3 is 0 Å². The molecule has 1 aliphatic carbocycles. The Balaban J connectivity index is 1.76. The summed E-state index contributed by atoms with van der Waals surface area (Å²) >= 11 is 12.7. The van der Waals surface area contributed by atoms with E-state index in [2.05, 4.69) is 38.8 Å². The normalized spacial score (nSPS) is 24.5. The first-order valence-electron chi connectivity index (χ1n) is 9.40. The van der Waals surface area contributed by atoms with Crippen molar-refractivity contribution in [3.63, 3.8) is 0 Å². The lowest BCUT2D eigenvalue weighted by Crippen LogP contribution is -2.51. The summed E-state index contributed by atoms with van der Waals surface area (Å²) in [5.41, 5.74) is 1.78. The minimum atomic E-state index is -0.559. The van der Waals surface area contributed by atoms with Gasteiger partial charge in [-0.25, -0.2) is 0 Å². The third-order valence-corrected chi connectivity index (χ3v) is 7.06. The fourth-order valence-electron chi connectivity index (χ4n) is 3.96. The van der Waals surface area contributed by atoms with Gasteiger partial charge in [-0.05, 0) is 68.0 Å². The minimum Gasteiger partial charge on any atom is -0.271 e. The molecule has 0 radical (unpaired) electrons. The molecule has 1 fully saturated rings. The highest BCUT2D eigenvalue weighted by Gasteiger charge is 2.49. The smallest absolute Gasteiger partial charge is 0.260 e. The maximum absolute atomic E-state index is 13.5. The molecule has 1 aliphatic heterocycles. The van der Waals surface area contributed by atoms with Crippen LogP contribution in [0.4, 0.5) is 0 Å². The largest absolute Gasteiger partial charge is 0.271 e. The molecule has 0 atom stereocenters. The van der Waals surface area contributed by atoms with Crippen LogP contribution in [0.3, 0.4) is 0 Å². The molecule has 0 N–H and O–H groups in total. The first-order chi connectivity index (χ1) is 13.4. The van der Waals surface area contributed by atoms with Gasteiger partial charge in [0, 0.05) is 20.1 Å². The van der Waals surface area contributed by atoms with Crippen LogP contribution in [0, 0.1) is 5.92 Å². The van der Waals surface area contributed by atoms with Crippen molar-refractivity contribution in [2.24, 2.45) is 10.9 Å². The summed E-state index contributed by atoms with van der Waals surface area (Å²) in [7, 11) is 0. The van der Waals surface area contributed by atoms with Crippen LogP contribution < -0.4 is 0 Å². The van der Waals surface area contributed by atoms with Crippen molar-refractivity contribution in [2.45, 2.75) is 38.3 Å². The molecule has 0 aromatic heterocycles. The molecule has 1 heterocycles. The molecule has 0 bridgehead atoms. The van der Waals surface area contributed by atoms with Gasteiger partial charge in [-0.3, -0.25) is 14.7 Å². The van der Waals surface area contributed by atoms with E-state index in [1.165, 1.54) is 0 Å². The van der Waals surface area contributed by atoms with Gasteiger partial charge in [0.15, 0.2) is 0 Å². The lowest BCUT2D eigenvalue weighted by Gasteiger charge is -2.40. The average Bonchev–Trinajstić information content (AvgIpc) is 2.97. The van der Waals surface area contributed by atoms with Gasteiger partial charge in [-0.15, -0.1) is 0 Å². The molecule has 3 nitrogen and oxygen atoms in total. The Hall–Kier alpha value is -1.37. The number of hydrogen-bond donors (Lipinski definition) is 0. The summed E-state index contributed by atoms with van der Waals surface area (Å²) in [5.74, 6) is 0.582. The summed E-state index contributed by atoms with van der Waals surface area (Å²) in [5, 5.41) is 0. The van der Waals surface area contributed by atoms with Crippen LogP contribution in [0.15, 0.2) is 62.5 Å². The second kappa shape index (κ2) is 7.81. The van der Waals surface area contributed by atoms with E-state index in [9.17, 15) is 4.79 Å². The molecule has 1 saturated carbocycles. The van der Waals surface area contributed by atoms with E-state index >= 15 is 0 Å². The van der Waals surface area contributed by atoms with Crippen molar-refractivity contribution >= 4 is 60.7 Å². The van der Waals surface area contributed by atoms with E-state index in [0.29, 0.717) is 16.5 Å². The first kappa shape index (κ1) is 19.9. The molecule has 0 unspecified atom stereocenters. The Bertz CT molecular complexity index is 946. The van der Waals surface area contributed by atoms with Gasteiger partial charge in [-0.2, -0.15) is 0 Å². The molecule has 6 heteroatoms. The van der Waals surface area contributed by atoms with Gasteiger partial charge in [-0.1, -0.05) is 63.1 Å². The van der Waals surface area contributed by atoms with Crippen molar-refractivity contribution in [3.8, 4) is 0 Å². The molecule has 28 heavy (non-hydrogen) atoms. The lowest BCUT2D eigenvalue weighted by molar-refractivity contribution is 0.0613. The third-order valence-electron chi connectivity index (χ3n) is 5.63. The first-order valence-corrected chi connectivity index (χ1v) is 11.4. The van der Waals surface area contributed by atoms with Crippen molar-refractivity contribution in [2.75, 3.05) is 0 Å². The number of nitrogens with zero attached hydrogens (tertiary/aromatic N) is 2. The average molecular weight is 520 g/mol. The molecular weight excluding hydrogens is 500 g/mol. The summed E-state index contributed by atoms with van der Waals surface area (Å²) in [6.07, 6.45) is 3.78. The topological polar surface area (TPSA) is 32.7 Å². The molecule has 2 aromatic carbocycles. The number of rotatable bonds is 2. The summed E-state index contributed by atoms with van der Waals surface area (Å²) < 4.78 is 1.95. The number of aliphatic imine (C=N–C) groups is 1. The van der Waals surface area contributed by atoms with E-state index in [4.69, 9.17) is 17.2 Å². The van der Waals surface area contributed by atoms with Crippen molar-refractivity contribution in [1.29, 1.82) is 0 Å². The standard InChI is InChI=1S/C22H20Br2N2OS/c1-14-10-12-22(13-11-14)25-19(15-2-6-17(23)7-3-15)21(28)26(22)20(27)16-4-8-18(24)9-5-16/h2-9,14H,10-13H2,1H3. The van der Waals surface area contributed by atoms with Crippen molar-refractivity contribution in [3.05, 3.63) is 68.6 Å². The SMILES string of the molecule is CC1CCC2(CC1)N=C(c1ccc(Br)cc1)C(=S)N2C(=O)c1ccc(Br)cc1. The number of halogens is 2. The van der Waals surface area contributed by atoms with E-state index in [0.717, 1.165) is 45.9 Å². The number of thiocarbonyl (C=S) groups is 1. The number of amides is 1. The van der Waals surface area contributed by atoms with Gasteiger partial charge in [0.25, 0.3) is 5.91 Å². The van der Waals surface area contributed by atoms with Gasteiger partial charge < -0.3 is 0 Å². The van der Waals surface area contributed by atoms with E-state index < -0.39 is 5.66 Å². The fraction of sp³-hybridized carbons (Fsp3) is 0.318. The maximum atomic E-state index is 13.5. The Morgan fingerprint density at radius 2 is 1.57 bits per heavy atom. The summed E-state index contributed by atoms with van der Waals surface area (Å²) in [4.78, 5) is 20.9. The lowest BCUT2D eigenvalue weighted by atomic mass is 9.82. The molecule has 1 spiro atoms. The minimum absolute atomic E-state index is 0.0667. The van der Waals surface area contributed by atoms with Crippen LogP contribution in [-0.4, -0.2) is 27.2 Å². The Labute approximate surface area is 187 Å². The molecule has 0 saturated heterocycles. The fourth-order valence-corrected chi connectivity index (χ4v) is 4.90. The Kier molecular flexibility index (Phi) is 5.55. The second-order valence-corrected chi connectivity index (χ2v) is 9.80. The van der Waals surface area contributed by atoms with E-state index in [1.807, 2.05) is 48.5 Å². The highest BCUT2D eigenvalue weighted by molar-refractivity contribution is 9.10. The van der Waals surface area contributed by atoms with Gasteiger partial charge in [0.2, 0.25) is 0 Å². The number of benzene rings is 2. The van der Waals surface area contributed by atoms with Crippen molar-refractivity contribution < 1.29 is 4.79 Å². The maximum Gasteiger partial charge on any atom is 0.260 e. The van der Waals surface area contributed by atoms with Crippen LogP contribution in [0.2, 0.25) is 0 Å². The van der Waals surface area contributed by atoms with Crippen LogP contribution >= 0.6 is 44.1 Å². The zero-order valence-corrected chi connectivity index (χ0v) is 19.5. The van der Waals surface area contributed by atoms with E-state index in [-0.39, 0.29) is 5.91 Å². The highest BCUT2D eigenvalue weighted by Crippen LogP contribution is 2.42. The van der Waals surface area contributed by atoms with Crippen LogP contribution in [0.5, 0.6) is 0 Å². The molecular formula is C22H20Br2N2OS. The van der Waals surface area contributed by atoms with E-state index in [1.54, 1.807) is 4.90 Å². The molecule has 144 valence electrons. The predicted molar refractivity (Wildman–Crippen MR) is 124 cm³/mol. The van der Waals surface area contributed by atoms with Gasteiger partial charge in [0.1, 0.15) is 16.4 Å². The van der Waals surface area contributed by atoms with Crippen molar-refractivity contribution in [1.82, 2.24) is 4.90 Å². The highest BCUT2D eigenvalue weighted by atomic mass is 79.9. The monoisotopic (exact) mass is 518 g/mol. The zero-order chi connectivity index (χ0) is 19.9. The van der Waals surface area contributed by atoms with Crippen LogP contribution in [0.1, 0.15) is 48.5 Å². The van der Waals surface area contributed by atoms with Gasteiger partial charge in [0.05, 0.1) is 0 Å². The third kappa shape index (κ3) is 3.62.